The molecule has 4 aliphatic carbocycles. The molecule has 10 atom stereocenters. The monoisotopic (exact) mass is 1730 g/mol. The number of nitrogens with zero attached hydrogens (tertiary/aromatic N) is 6. The van der Waals surface area contributed by atoms with Crippen molar-refractivity contribution in [2.45, 2.75) is 213 Å². The molecule has 126 heavy (non-hydrogen) atoms. The second-order valence-corrected chi connectivity index (χ2v) is 37.7. The zero-order valence-corrected chi connectivity index (χ0v) is 75.4. The fraction of sp³-hybridized carbons (Fsp3) is 0.524. The Morgan fingerprint density at radius 3 is 1.17 bits per heavy atom. The third-order valence-electron chi connectivity index (χ3n) is 28.0. The SMILES string of the molecule is C=CCN(C(=O)OCc1ccc(C)cc1)C1CCN(C[C@H]2C/C(=C(/CC3CC3)C(=O)O)C[C@@H]2c2cccc(F)c2)CC1.C=CCN(C(=O)OCc1ccc(C)cc1)C1CCN(C[C@H]2CC(C(CC(=O)O)C(C)C)C[C@@H]2c2cccc(F)c2)CC1.C=CCN(C(=O)OCc1ccc(C)cc1)C1CCN(C[C@H]2CC(CC(C(=O)O)C(C)C)C[C@@H]2c2cccc(F)c2)CC1. The first-order valence-electron chi connectivity index (χ1n) is 46.2. The summed E-state index contributed by atoms with van der Waals surface area (Å²) in [6, 6.07) is 44.9. The Morgan fingerprint density at radius 2 is 0.825 bits per heavy atom. The van der Waals surface area contributed by atoms with E-state index in [2.05, 4.69) is 48.3 Å². The van der Waals surface area contributed by atoms with Gasteiger partial charge in [-0.3, -0.25) is 9.59 Å². The molecule has 3 saturated heterocycles. The highest BCUT2D eigenvalue weighted by atomic mass is 19.1. The van der Waals surface area contributed by atoms with E-state index in [4.69, 9.17) is 14.2 Å². The summed E-state index contributed by atoms with van der Waals surface area (Å²) in [6.07, 6.45) is 18.2. The van der Waals surface area contributed by atoms with E-state index in [9.17, 15) is 57.3 Å². The van der Waals surface area contributed by atoms with Gasteiger partial charge >= 0.3 is 36.2 Å². The second kappa shape index (κ2) is 47.3. The number of carboxylic acid groups (broad SMARTS) is 3. The maximum absolute atomic E-state index is 14.2. The van der Waals surface area contributed by atoms with Gasteiger partial charge in [-0.15, -0.1) is 19.7 Å². The minimum absolute atomic E-state index is 0.0694. The summed E-state index contributed by atoms with van der Waals surface area (Å²) in [5.74, 6) is -0.402. The number of carbonyl (C=O) groups is 6. The molecule has 3 aliphatic heterocycles. The van der Waals surface area contributed by atoms with Crippen molar-refractivity contribution < 1.29 is 71.5 Å². The summed E-state index contributed by atoms with van der Waals surface area (Å²) >= 11 is 0. The molecule has 0 radical (unpaired) electrons. The van der Waals surface area contributed by atoms with Crippen molar-refractivity contribution in [2.75, 3.05) is 78.5 Å². The zero-order chi connectivity index (χ0) is 90.1. The molecular weight excluding hydrogens is 1590 g/mol. The highest BCUT2D eigenvalue weighted by Crippen LogP contribution is 2.51. The lowest BCUT2D eigenvalue weighted by Crippen LogP contribution is -2.48. The van der Waals surface area contributed by atoms with Crippen LogP contribution in [0.5, 0.6) is 0 Å². The molecule has 6 aromatic carbocycles. The molecule has 4 saturated carbocycles. The molecule has 680 valence electrons. The number of piperidine rings is 3. The van der Waals surface area contributed by atoms with Crippen LogP contribution in [0, 0.1) is 97.4 Å². The van der Waals surface area contributed by atoms with Gasteiger partial charge in [0.15, 0.2) is 0 Å². The molecule has 3 heterocycles. The molecule has 3 amide bonds. The number of rotatable bonds is 35. The number of aryl methyl sites for hydroxylation is 3. The van der Waals surface area contributed by atoms with E-state index in [0.29, 0.717) is 74.1 Å². The first kappa shape index (κ1) is 96.8. The number of benzene rings is 6. The largest absolute Gasteiger partial charge is 0.481 e. The minimum Gasteiger partial charge on any atom is -0.481 e. The molecule has 4 unspecified atom stereocenters. The van der Waals surface area contributed by atoms with Gasteiger partial charge in [-0.1, -0.05) is 177 Å². The molecule has 21 heteroatoms. The smallest absolute Gasteiger partial charge is 0.410 e. The number of carbonyl (C=O) groups excluding carboxylic acids is 3. The van der Waals surface area contributed by atoms with E-state index in [0.717, 1.165) is 187 Å². The fourth-order valence-electron chi connectivity index (χ4n) is 20.9. The highest BCUT2D eigenvalue weighted by Gasteiger charge is 2.45. The third kappa shape index (κ3) is 28.3. The van der Waals surface area contributed by atoms with Crippen molar-refractivity contribution in [3.05, 3.63) is 262 Å². The van der Waals surface area contributed by atoms with Gasteiger partial charge in [0.25, 0.3) is 0 Å². The normalized spacial score (nSPS) is 22.3. The molecule has 7 fully saturated rings. The van der Waals surface area contributed by atoms with Crippen LogP contribution in [0.2, 0.25) is 0 Å². The molecule has 18 nitrogen and oxygen atoms in total. The van der Waals surface area contributed by atoms with Crippen LogP contribution in [0.25, 0.3) is 0 Å². The van der Waals surface area contributed by atoms with Gasteiger partial charge < -0.3 is 58.9 Å². The van der Waals surface area contributed by atoms with E-state index in [-0.39, 0.29) is 127 Å². The molecule has 0 bridgehead atoms. The van der Waals surface area contributed by atoms with Crippen molar-refractivity contribution in [2.24, 2.45) is 59.2 Å². The van der Waals surface area contributed by atoms with Crippen LogP contribution in [0.1, 0.15) is 205 Å². The highest BCUT2D eigenvalue weighted by molar-refractivity contribution is 5.88. The summed E-state index contributed by atoms with van der Waals surface area (Å²) in [4.78, 5) is 87.8. The predicted molar refractivity (Wildman–Crippen MR) is 489 cm³/mol. The number of ether oxygens (including phenoxy) is 3. The summed E-state index contributed by atoms with van der Waals surface area (Å²) in [7, 11) is 0. The maximum atomic E-state index is 14.2. The Morgan fingerprint density at radius 1 is 0.452 bits per heavy atom. The number of hydrogen-bond acceptors (Lipinski definition) is 12. The fourth-order valence-corrected chi connectivity index (χ4v) is 20.9. The average Bonchev–Trinajstić information content (AvgIpc) is 1.66. The van der Waals surface area contributed by atoms with Crippen molar-refractivity contribution >= 4 is 36.2 Å². The quantitative estimate of drug-likeness (QED) is 0.0192. The summed E-state index contributed by atoms with van der Waals surface area (Å²) in [5, 5.41) is 29.4. The van der Waals surface area contributed by atoms with Gasteiger partial charge in [0.05, 0.1) is 5.92 Å². The summed E-state index contributed by atoms with van der Waals surface area (Å²) in [5.41, 5.74) is 11.0. The first-order valence-corrected chi connectivity index (χ1v) is 46.2. The van der Waals surface area contributed by atoms with Gasteiger partial charge in [-0.05, 0) is 264 Å². The van der Waals surface area contributed by atoms with Crippen molar-refractivity contribution in [1.29, 1.82) is 0 Å². The van der Waals surface area contributed by atoms with Crippen molar-refractivity contribution in [1.82, 2.24) is 29.4 Å². The van der Waals surface area contributed by atoms with E-state index >= 15 is 0 Å². The Hall–Kier alpha value is -9.83. The van der Waals surface area contributed by atoms with Gasteiger partial charge in [0.1, 0.15) is 37.3 Å². The van der Waals surface area contributed by atoms with E-state index in [1.807, 2.05) is 126 Å². The van der Waals surface area contributed by atoms with Crippen molar-refractivity contribution in [3.8, 4) is 0 Å². The van der Waals surface area contributed by atoms with E-state index < -0.39 is 17.9 Å². The van der Waals surface area contributed by atoms with Crippen LogP contribution < -0.4 is 0 Å². The Balaban J connectivity index is 0.000000183. The maximum Gasteiger partial charge on any atom is 0.410 e. The Bertz CT molecular complexity index is 4590. The minimum atomic E-state index is -0.798. The van der Waals surface area contributed by atoms with Crippen molar-refractivity contribution in [3.63, 3.8) is 0 Å². The average molecular weight is 1730 g/mol. The van der Waals surface area contributed by atoms with Gasteiger partial charge in [-0.2, -0.15) is 0 Å². The lowest BCUT2D eigenvalue weighted by atomic mass is 9.79. The number of hydrogen-bond donors (Lipinski definition) is 3. The lowest BCUT2D eigenvalue weighted by molar-refractivity contribution is -0.144. The van der Waals surface area contributed by atoms with Crippen LogP contribution in [-0.2, 0) is 48.4 Å². The lowest BCUT2D eigenvalue weighted by Gasteiger charge is -2.39. The van der Waals surface area contributed by atoms with Crippen LogP contribution in [0.3, 0.4) is 0 Å². The van der Waals surface area contributed by atoms with Crippen LogP contribution in [-0.4, -0.2) is 178 Å². The predicted octanol–water partition coefficient (Wildman–Crippen LogP) is 21.7. The second-order valence-electron chi connectivity index (χ2n) is 37.7. The molecule has 13 rings (SSSR count). The van der Waals surface area contributed by atoms with E-state index in [1.165, 1.54) is 29.3 Å². The summed E-state index contributed by atoms with van der Waals surface area (Å²) < 4.78 is 59.7. The first-order chi connectivity index (χ1) is 60.6. The number of aliphatic carboxylic acids is 3. The number of likely N-dealkylation sites (tertiary alicyclic amines) is 3. The number of amides is 3. The van der Waals surface area contributed by atoms with Gasteiger partial charge in [0, 0.05) is 109 Å². The van der Waals surface area contributed by atoms with Gasteiger partial charge in [-0.25, -0.2) is 32.3 Å². The van der Waals surface area contributed by atoms with Crippen LogP contribution in [0.4, 0.5) is 27.6 Å². The topological polar surface area (TPSA) is 210 Å². The van der Waals surface area contributed by atoms with Gasteiger partial charge in [0.2, 0.25) is 0 Å². The molecule has 7 aliphatic rings. The molecule has 6 aromatic rings. The number of halogens is 3. The standard InChI is InChI=1S/C35H43FN2O4.2C35H47FN2O4/c1-3-15-38(35(41)42-23-26-9-7-24(2)8-10-26)31-13-16-37(17-14-31)22-29-19-28(33(34(39)40)18-25-11-12-25)21-32(29)27-5-4-6-30(36)20-27;1-5-15-38(35(41)42-23-26-11-9-25(4)10-12-26)31-13-16-37(17-14-31)22-29-18-27(19-32(24(2)3)34(39)40)20-33(29)28-7-6-8-30(36)21-28;1-5-15-38(35(41)42-23-26-11-9-25(4)10-12-26)31-13-16-37(17-14-31)22-29-18-28(32(24(2)3)21-34(39)40)20-33(29)27-7-6-8-30(36)19-27/h3-10,20,25,29,31-32H,1,11-19,21-23H2,2H3,(H,39,40);5-12,21,24,27,29,31-33H,1,13-20,22-23H2,2-4H3,(H,39,40);5-12,19,24,28-29,31-33H,1,13-18,20-23H2,2-4H3,(H,39,40)/b33-28+;;/t29-,32-;27?,29-,32?,33-;28?,29-,32?,33-/m111/s1. The molecular formula is C105H137F3N6O12. The Labute approximate surface area is 746 Å². The number of allylic oxidation sites excluding steroid dienone is 1. The third-order valence-corrected chi connectivity index (χ3v) is 28.0. The molecule has 0 spiro atoms. The van der Waals surface area contributed by atoms with E-state index in [1.54, 1.807) is 69.3 Å². The zero-order valence-electron chi connectivity index (χ0n) is 75.4. The molecule has 3 N–H and O–H groups in total. The van der Waals surface area contributed by atoms with Crippen LogP contribution in [0.15, 0.2) is 195 Å². The summed E-state index contributed by atoms with van der Waals surface area (Å²) in [6.45, 7) is 35.7. The number of carboxylic acids is 3. The Kier molecular flexibility index (Phi) is 36.3. The van der Waals surface area contributed by atoms with Crippen LogP contribution >= 0.6 is 0 Å². The molecule has 0 aromatic heterocycles.